The van der Waals surface area contributed by atoms with Crippen molar-refractivity contribution < 1.29 is 35.2 Å². The number of sulfonamides is 1. The first-order chi connectivity index (χ1) is 15.9. The quantitative estimate of drug-likeness (QED) is 0.244. The zero-order chi connectivity index (χ0) is 24.8. The van der Waals surface area contributed by atoms with Gasteiger partial charge < -0.3 is 4.98 Å². The summed E-state index contributed by atoms with van der Waals surface area (Å²) in [5, 5.41) is 0.272. The van der Waals surface area contributed by atoms with Crippen molar-refractivity contribution in [3.63, 3.8) is 0 Å². The third kappa shape index (κ3) is 4.40. The van der Waals surface area contributed by atoms with E-state index in [4.69, 9.17) is 0 Å². The Morgan fingerprint density at radius 3 is 2.38 bits per heavy atom. The Morgan fingerprint density at radius 1 is 1.06 bits per heavy atom. The van der Waals surface area contributed by atoms with Crippen LogP contribution in [0.5, 0.6) is 0 Å². The van der Waals surface area contributed by atoms with E-state index in [9.17, 15) is 30.8 Å². The number of nitrogens with zero attached hydrogens (tertiary/aromatic N) is 1. The molecule has 2 N–H and O–H groups in total. The fraction of sp³-hybridized carbons (Fsp3) is 0.0476. The van der Waals surface area contributed by atoms with Gasteiger partial charge in [0.1, 0.15) is 11.5 Å². The van der Waals surface area contributed by atoms with Gasteiger partial charge in [-0.25, -0.2) is 22.2 Å². The van der Waals surface area contributed by atoms with E-state index in [1.54, 1.807) is 0 Å². The molecule has 0 spiro atoms. The van der Waals surface area contributed by atoms with Crippen LogP contribution in [0.1, 0.15) is 21.5 Å². The minimum absolute atomic E-state index is 0.107. The minimum Gasteiger partial charge on any atom is -0.345 e. The molecule has 0 aliphatic carbocycles. The number of pyridine rings is 1. The maximum absolute atomic E-state index is 15.1. The van der Waals surface area contributed by atoms with Crippen molar-refractivity contribution in [2.24, 2.45) is 0 Å². The number of hydrogen-bond acceptors (Lipinski definition) is 4. The number of hydrogen-bond donors (Lipinski definition) is 2. The van der Waals surface area contributed by atoms with Gasteiger partial charge in [0, 0.05) is 27.8 Å². The molecule has 0 saturated heterocycles. The highest BCUT2D eigenvalue weighted by molar-refractivity contribution is 9.10. The van der Waals surface area contributed by atoms with E-state index in [0.717, 1.165) is 6.07 Å². The minimum atomic E-state index is -4.68. The van der Waals surface area contributed by atoms with Gasteiger partial charge in [0.15, 0.2) is 5.82 Å². The van der Waals surface area contributed by atoms with Gasteiger partial charge in [-0.15, -0.1) is 0 Å². The van der Waals surface area contributed by atoms with Crippen LogP contribution in [-0.4, -0.2) is 24.2 Å². The summed E-state index contributed by atoms with van der Waals surface area (Å²) in [6.07, 6.45) is -2.02. The Bertz CT molecular complexity index is 1530. The van der Waals surface area contributed by atoms with Gasteiger partial charge in [-0.1, -0.05) is 0 Å². The number of alkyl halides is 3. The van der Waals surface area contributed by atoms with Crippen LogP contribution >= 0.6 is 15.9 Å². The summed E-state index contributed by atoms with van der Waals surface area (Å²) < 4.78 is 95.3. The molecule has 0 atom stereocenters. The van der Waals surface area contributed by atoms with Crippen LogP contribution in [0.3, 0.4) is 0 Å². The van der Waals surface area contributed by atoms with Gasteiger partial charge in [-0.05, 0) is 58.4 Å². The lowest BCUT2D eigenvalue weighted by molar-refractivity contribution is -0.137. The molecule has 0 saturated carbocycles. The monoisotopic (exact) mass is 559 g/mol. The topological polar surface area (TPSA) is 91.9 Å². The summed E-state index contributed by atoms with van der Waals surface area (Å²) in [4.78, 5) is 19.1. The molecule has 0 bridgehead atoms. The third-order valence-corrected chi connectivity index (χ3v) is 6.61. The predicted octanol–water partition coefficient (Wildman–Crippen LogP) is 5.65. The molecule has 13 heteroatoms. The van der Waals surface area contributed by atoms with Crippen LogP contribution in [0, 0.1) is 11.6 Å². The molecule has 2 heterocycles. The van der Waals surface area contributed by atoms with Crippen LogP contribution in [0.25, 0.3) is 11.0 Å². The highest BCUT2D eigenvalue weighted by Gasteiger charge is 2.31. The second-order valence-electron chi connectivity index (χ2n) is 6.99. The maximum Gasteiger partial charge on any atom is 0.416 e. The molecule has 176 valence electrons. The number of rotatable bonds is 5. The molecular formula is C21H11BrF5N3O3S. The van der Waals surface area contributed by atoms with Gasteiger partial charge in [0.2, 0.25) is 5.78 Å². The fourth-order valence-corrected chi connectivity index (χ4v) is 4.56. The Balaban J connectivity index is 1.71. The number of carbonyl (C=O) groups excluding carboxylic acids is 1. The molecule has 0 amide bonds. The average Bonchev–Trinajstić information content (AvgIpc) is 3.18. The van der Waals surface area contributed by atoms with Gasteiger partial charge in [-0.2, -0.15) is 13.2 Å². The number of H-pyrrole nitrogens is 1. The molecule has 34 heavy (non-hydrogen) atoms. The summed E-state index contributed by atoms with van der Waals surface area (Å²) in [6, 6.07) is 5.45. The largest absolute Gasteiger partial charge is 0.416 e. The lowest BCUT2D eigenvalue weighted by Crippen LogP contribution is -2.17. The number of benzene rings is 2. The van der Waals surface area contributed by atoms with Crippen molar-refractivity contribution >= 4 is 48.5 Å². The first-order valence-corrected chi connectivity index (χ1v) is 11.5. The van der Waals surface area contributed by atoms with E-state index < -0.39 is 55.3 Å². The first-order valence-electron chi connectivity index (χ1n) is 9.24. The molecule has 0 fully saturated rings. The van der Waals surface area contributed by atoms with Gasteiger partial charge >= 0.3 is 6.18 Å². The zero-order valence-corrected chi connectivity index (χ0v) is 18.9. The second kappa shape index (κ2) is 8.47. The normalized spacial score (nSPS) is 12.2. The predicted molar refractivity (Wildman–Crippen MR) is 116 cm³/mol. The highest BCUT2D eigenvalue weighted by Crippen LogP contribution is 2.31. The number of aromatic nitrogens is 2. The highest BCUT2D eigenvalue weighted by atomic mass is 79.9. The van der Waals surface area contributed by atoms with Gasteiger partial charge in [0.25, 0.3) is 10.0 Å². The van der Waals surface area contributed by atoms with Crippen molar-refractivity contribution in [2.45, 2.75) is 11.1 Å². The fourth-order valence-electron chi connectivity index (χ4n) is 3.17. The number of carbonyl (C=O) groups is 1. The molecule has 0 aliphatic heterocycles. The molecule has 2 aromatic carbocycles. The van der Waals surface area contributed by atoms with E-state index >= 15 is 4.39 Å². The number of anilines is 1. The first kappa shape index (κ1) is 23.8. The van der Waals surface area contributed by atoms with Gasteiger partial charge in [-0.3, -0.25) is 9.52 Å². The lowest BCUT2D eigenvalue weighted by atomic mass is 10.0. The van der Waals surface area contributed by atoms with E-state index in [-0.39, 0.29) is 16.6 Å². The molecule has 0 unspecified atom stereocenters. The smallest absolute Gasteiger partial charge is 0.345 e. The van der Waals surface area contributed by atoms with Crippen molar-refractivity contribution in [1.29, 1.82) is 0 Å². The Morgan fingerprint density at radius 2 is 1.74 bits per heavy atom. The van der Waals surface area contributed by atoms with E-state index in [0.29, 0.717) is 34.8 Å². The van der Waals surface area contributed by atoms with Crippen LogP contribution in [0.2, 0.25) is 0 Å². The van der Waals surface area contributed by atoms with E-state index in [2.05, 4.69) is 25.9 Å². The van der Waals surface area contributed by atoms with Crippen LogP contribution in [-0.2, 0) is 16.2 Å². The summed E-state index contributed by atoms with van der Waals surface area (Å²) in [6.45, 7) is 0. The van der Waals surface area contributed by atoms with E-state index in [1.165, 1.54) is 18.5 Å². The average molecular weight is 560 g/mol. The summed E-state index contributed by atoms with van der Waals surface area (Å²) in [7, 11) is -4.56. The van der Waals surface area contributed by atoms with Crippen molar-refractivity contribution in [1.82, 2.24) is 9.97 Å². The second-order valence-corrected chi connectivity index (χ2v) is 9.59. The van der Waals surface area contributed by atoms with Crippen molar-refractivity contribution in [3.8, 4) is 0 Å². The van der Waals surface area contributed by atoms with Crippen molar-refractivity contribution in [3.05, 3.63) is 87.7 Å². The molecule has 4 rings (SSSR count). The summed E-state index contributed by atoms with van der Waals surface area (Å²) >= 11 is 3.19. The number of ketones is 1. The Hall–Kier alpha value is -3.32. The number of nitrogens with one attached hydrogen (secondary N) is 2. The molecule has 0 aliphatic rings. The molecule has 2 aromatic heterocycles. The van der Waals surface area contributed by atoms with Crippen LogP contribution in [0.4, 0.5) is 27.6 Å². The Labute approximate surface area is 197 Å². The van der Waals surface area contributed by atoms with E-state index in [1.807, 2.05) is 4.72 Å². The maximum atomic E-state index is 15.1. The van der Waals surface area contributed by atoms with Gasteiger partial charge in [0.05, 0.1) is 21.7 Å². The van der Waals surface area contributed by atoms with Crippen LogP contribution < -0.4 is 4.72 Å². The van der Waals surface area contributed by atoms with Crippen molar-refractivity contribution in [2.75, 3.05) is 4.72 Å². The molecule has 6 nitrogen and oxygen atoms in total. The summed E-state index contributed by atoms with van der Waals surface area (Å²) in [5.74, 6) is -3.80. The molecular weight excluding hydrogens is 549 g/mol. The zero-order valence-electron chi connectivity index (χ0n) is 16.5. The summed E-state index contributed by atoms with van der Waals surface area (Å²) in [5.41, 5.74) is -2.68. The third-order valence-electron chi connectivity index (χ3n) is 4.80. The SMILES string of the molecule is O=C(c1c(F)ccc(NS(=O)(=O)c2ccc(C(F)(F)F)cc2)c1F)c1c[nH]c2ncc(Br)cc12. The lowest BCUT2D eigenvalue weighted by Gasteiger charge is -2.13. The standard InChI is InChI=1S/C21H11BrF5N3O3S/c22-11-7-13-14(9-29-20(13)28-8-11)19(31)17-15(23)5-6-16(18(17)24)30-34(32,33)12-3-1-10(2-4-12)21(25,26)27/h1-9,30H,(H,28,29). The Kier molecular flexibility index (Phi) is 5.94. The molecule has 0 radical (unpaired) electrons. The molecule has 4 aromatic rings. The van der Waals surface area contributed by atoms with Crippen LogP contribution in [0.15, 0.2) is 64.2 Å². The number of halogens is 6. The number of fused-ring (bicyclic) bond motifs is 1. The number of aromatic amines is 1.